The van der Waals surface area contributed by atoms with Gasteiger partial charge in [0.25, 0.3) is 0 Å². The second kappa shape index (κ2) is 8.08. The first kappa shape index (κ1) is 15.0. The molecule has 1 aromatic heterocycles. The first-order chi connectivity index (χ1) is 8.11. The van der Waals surface area contributed by atoms with Crippen molar-refractivity contribution in [1.29, 1.82) is 0 Å². The summed E-state index contributed by atoms with van der Waals surface area (Å²) in [6.07, 6.45) is 2.75. The van der Waals surface area contributed by atoms with Gasteiger partial charge >= 0.3 is 0 Å². The maximum atomic E-state index is 9.21. The fraction of sp³-hybridized carbons (Fsp3) is 0.583. The normalized spacial score (nSPS) is 13.0. The predicted octanol–water partition coefficient (Wildman–Crippen LogP) is 2.69. The summed E-state index contributed by atoms with van der Waals surface area (Å²) >= 11 is 5.08. The summed E-state index contributed by atoms with van der Waals surface area (Å²) in [5, 5.41) is 13.6. The van der Waals surface area contributed by atoms with Crippen molar-refractivity contribution in [3.63, 3.8) is 0 Å². The molecule has 0 bridgehead atoms. The van der Waals surface area contributed by atoms with Crippen LogP contribution < -0.4 is 5.32 Å². The molecule has 1 rings (SSSR count). The lowest BCUT2D eigenvalue weighted by Crippen LogP contribution is -2.37. The summed E-state index contributed by atoms with van der Waals surface area (Å²) < 4.78 is 0.997. The lowest BCUT2D eigenvalue weighted by atomic mass is 10.2. The molecule has 0 saturated heterocycles. The predicted molar refractivity (Wildman–Crippen MR) is 76.4 cm³/mol. The van der Waals surface area contributed by atoms with Crippen molar-refractivity contribution in [2.45, 2.75) is 37.4 Å². The number of halogens is 1. The van der Waals surface area contributed by atoms with Crippen LogP contribution in [0.25, 0.3) is 0 Å². The molecule has 96 valence electrons. The van der Waals surface area contributed by atoms with Crippen LogP contribution in [0.2, 0.25) is 0 Å². The standard InChI is InChI=1S/C12H19BrN2OS/c1-9(2)15-11(8-16)5-6-17-12-4-3-10(13)7-14-12/h3-4,7,9,11,15-16H,5-6,8H2,1-2H3. The minimum absolute atomic E-state index is 0.179. The molecule has 3 nitrogen and oxygen atoms in total. The minimum Gasteiger partial charge on any atom is -0.395 e. The molecule has 0 fully saturated rings. The number of nitrogens with one attached hydrogen (secondary N) is 1. The molecular formula is C12H19BrN2OS. The van der Waals surface area contributed by atoms with Gasteiger partial charge in [0, 0.05) is 28.5 Å². The highest BCUT2D eigenvalue weighted by Gasteiger charge is 2.08. The highest BCUT2D eigenvalue weighted by atomic mass is 79.9. The summed E-state index contributed by atoms with van der Waals surface area (Å²) in [5.41, 5.74) is 0. The van der Waals surface area contributed by atoms with Gasteiger partial charge < -0.3 is 10.4 Å². The Morgan fingerprint density at radius 3 is 2.76 bits per heavy atom. The summed E-state index contributed by atoms with van der Waals surface area (Å²) in [5.74, 6) is 0.958. The summed E-state index contributed by atoms with van der Waals surface area (Å²) in [6, 6.07) is 4.57. The van der Waals surface area contributed by atoms with E-state index in [-0.39, 0.29) is 12.6 Å². The monoisotopic (exact) mass is 318 g/mol. The molecule has 0 spiro atoms. The zero-order chi connectivity index (χ0) is 12.7. The molecule has 1 aromatic rings. The molecule has 1 heterocycles. The lowest BCUT2D eigenvalue weighted by Gasteiger charge is -2.18. The van der Waals surface area contributed by atoms with Gasteiger partial charge in [-0.3, -0.25) is 0 Å². The molecule has 0 aliphatic rings. The lowest BCUT2D eigenvalue weighted by molar-refractivity contribution is 0.232. The van der Waals surface area contributed by atoms with Crippen molar-refractivity contribution < 1.29 is 5.11 Å². The van der Waals surface area contributed by atoms with Crippen LogP contribution in [0.1, 0.15) is 20.3 Å². The molecule has 5 heteroatoms. The molecule has 2 N–H and O–H groups in total. The van der Waals surface area contributed by atoms with Gasteiger partial charge in [-0.1, -0.05) is 13.8 Å². The third-order valence-corrected chi connectivity index (χ3v) is 3.65. The molecule has 0 saturated carbocycles. The van der Waals surface area contributed by atoms with Crippen molar-refractivity contribution in [1.82, 2.24) is 10.3 Å². The van der Waals surface area contributed by atoms with Crippen LogP contribution in [-0.4, -0.2) is 34.5 Å². The number of rotatable bonds is 7. The fourth-order valence-corrected chi connectivity index (χ4v) is 2.59. The largest absolute Gasteiger partial charge is 0.395 e. The molecule has 1 unspecified atom stereocenters. The van der Waals surface area contributed by atoms with Gasteiger partial charge in [0.2, 0.25) is 0 Å². The Labute approximate surface area is 116 Å². The number of thioether (sulfide) groups is 1. The van der Waals surface area contributed by atoms with E-state index < -0.39 is 0 Å². The average Bonchev–Trinajstić information content (AvgIpc) is 2.30. The molecule has 0 radical (unpaired) electrons. The summed E-state index contributed by atoms with van der Waals surface area (Å²) in [7, 11) is 0. The van der Waals surface area contributed by atoms with Crippen molar-refractivity contribution in [3.05, 3.63) is 22.8 Å². The van der Waals surface area contributed by atoms with Crippen LogP contribution in [0.4, 0.5) is 0 Å². The Morgan fingerprint density at radius 1 is 1.47 bits per heavy atom. The smallest absolute Gasteiger partial charge is 0.0960 e. The van der Waals surface area contributed by atoms with Crippen molar-refractivity contribution in [2.24, 2.45) is 0 Å². The SMILES string of the molecule is CC(C)NC(CO)CCSc1ccc(Br)cn1. The molecule has 1 atom stereocenters. The molecule has 0 aliphatic heterocycles. The van der Waals surface area contributed by atoms with Gasteiger partial charge in [0.1, 0.15) is 0 Å². The van der Waals surface area contributed by atoms with Crippen molar-refractivity contribution in [3.8, 4) is 0 Å². The Balaban J connectivity index is 2.28. The Hall–Kier alpha value is -0.100. The maximum absolute atomic E-state index is 9.21. The first-order valence-electron chi connectivity index (χ1n) is 5.73. The van der Waals surface area contributed by atoms with Crippen LogP contribution in [0.15, 0.2) is 27.8 Å². The van der Waals surface area contributed by atoms with Gasteiger partial charge in [-0.25, -0.2) is 4.98 Å². The first-order valence-corrected chi connectivity index (χ1v) is 7.51. The van der Waals surface area contributed by atoms with E-state index in [0.29, 0.717) is 6.04 Å². The molecule has 17 heavy (non-hydrogen) atoms. The third-order valence-electron chi connectivity index (χ3n) is 2.21. The molecular weight excluding hydrogens is 300 g/mol. The zero-order valence-corrected chi connectivity index (χ0v) is 12.6. The topological polar surface area (TPSA) is 45.1 Å². The minimum atomic E-state index is 0.179. The third kappa shape index (κ3) is 6.41. The van der Waals surface area contributed by atoms with Crippen molar-refractivity contribution in [2.75, 3.05) is 12.4 Å². The molecule has 0 amide bonds. The number of aromatic nitrogens is 1. The number of aliphatic hydroxyl groups is 1. The molecule has 0 aliphatic carbocycles. The van der Waals surface area contributed by atoms with E-state index in [1.165, 1.54) is 0 Å². The zero-order valence-electron chi connectivity index (χ0n) is 10.2. The van der Waals surface area contributed by atoms with Gasteiger partial charge in [-0.05, 0) is 34.5 Å². The maximum Gasteiger partial charge on any atom is 0.0960 e. The Kier molecular flexibility index (Phi) is 7.11. The van der Waals surface area contributed by atoms with Gasteiger partial charge in [-0.15, -0.1) is 11.8 Å². The molecule has 0 aromatic carbocycles. The quantitative estimate of drug-likeness (QED) is 0.759. The number of nitrogens with zero attached hydrogens (tertiary/aromatic N) is 1. The number of hydrogen-bond acceptors (Lipinski definition) is 4. The van der Waals surface area contributed by atoms with Crippen LogP contribution >= 0.6 is 27.7 Å². The second-order valence-corrected chi connectivity index (χ2v) is 6.18. The summed E-state index contributed by atoms with van der Waals surface area (Å²) in [4.78, 5) is 4.30. The van der Waals surface area contributed by atoms with E-state index in [2.05, 4.69) is 40.1 Å². The van der Waals surface area contributed by atoms with E-state index >= 15 is 0 Å². The second-order valence-electron chi connectivity index (χ2n) is 4.15. The van der Waals surface area contributed by atoms with Crippen LogP contribution in [-0.2, 0) is 0 Å². The van der Waals surface area contributed by atoms with Crippen LogP contribution in [0.3, 0.4) is 0 Å². The Morgan fingerprint density at radius 2 is 2.24 bits per heavy atom. The number of hydrogen-bond donors (Lipinski definition) is 2. The van der Waals surface area contributed by atoms with E-state index in [1.54, 1.807) is 18.0 Å². The highest BCUT2D eigenvalue weighted by molar-refractivity contribution is 9.10. The van der Waals surface area contributed by atoms with Crippen LogP contribution in [0.5, 0.6) is 0 Å². The van der Waals surface area contributed by atoms with E-state index in [9.17, 15) is 5.11 Å². The van der Waals surface area contributed by atoms with Gasteiger partial charge in [0.15, 0.2) is 0 Å². The van der Waals surface area contributed by atoms with Gasteiger partial charge in [-0.2, -0.15) is 0 Å². The summed E-state index contributed by atoms with van der Waals surface area (Å²) in [6.45, 7) is 4.37. The highest BCUT2D eigenvalue weighted by Crippen LogP contribution is 2.18. The van der Waals surface area contributed by atoms with Gasteiger partial charge in [0.05, 0.1) is 11.6 Å². The Bertz CT molecular complexity index is 319. The average molecular weight is 319 g/mol. The van der Waals surface area contributed by atoms with E-state index in [4.69, 9.17) is 0 Å². The fourth-order valence-electron chi connectivity index (χ4n) is 1.45. The van der Waals surface area contributed by atoms with E-state index in [1.807, 2.05) is 12.1 Å². The number of pyridine rings is 1. The van der Waals surface area contributed by atoms with Crippen LogP contribution in [0, 0.1) is 0 Å². The van der Waals surface area contributed by atoms with E-state index in [0.717, 1.165) is 21.7 Å². The van der Waals surface area contributed by atoms with Crippen molar-refractivity contribution >= 4 is 27.7 Å². The number of aliphatic hydroxyl groups excluding tert-OH is 1.